The molecule has 0 aromatic carbocycles. The second-order valence-electron chi connectivity index (χ2n) is 5.53. The maximum Gasteiger partial charge on any atom is 0.274 e. The van der Waals surface area contributed by atoms with E-state index in [1.807, 2.05) is 13.8 Å². The number of nitrogens with zero attached hydrogens (tertiary/aromatic N) is 2. The lowest BCUT2D eigenvalue weighted by Crippen LogP contribution is -2.33. The molecule has 0 fully saturated rings. The van der Waals surface area contributed by atoms with E-state index in [0.29, 0.717) is 25.2 Å². The standard InChI is InChI=1S/C16H21N3O4/c1-10(2)23-9-5-7-17-14(20)12-15(21)18-13-11(3)6-4-8-19(13)16(12)22/h4,6,8,10,21H,5,7,9H2,1-3H3,(H,17,20). The van der Waals surface area contributed by atoms with Gasteiger partial charge in [0, 0.05) is 19.3 Å². The van der Waals surface area contributed by atoms with Crippen molar-refractivity contribution in [2.45, 2.75) is 33.3 Å². The normalized spacial score (nSPS) is 11.1. The number of ether oxygens (including phenoxy) is 1. The molecule has 0 saturated carbocycles. The first-order valence-electron chi connectivity index (χ1n) is 7.52. The summed E-state index contributed by atoms with van der Waals surface area (Å²) in [6.45, 7) is 6.50. The van der Waals surface area contributed by atoms with Gasteiger partial charge in [0.1, 0.15) is 5.65 Å². The number of hydrogen-bond acceptors (Lipinski definition) is 5. The quantitative estimate of drug-likeness (QED) is 0.782. The van der Waals surface area contributed by atoms with Crippen LogP contribution < -0.4 is 10.9 Å². The van der Waals surface area contributed by atoms with Gasteiger partial charge in [-0.2, -0.15) is 4.98 Å². The molecule has 0 aliphatic carbocycles. The Morgan fingerprint density at radius 1 is 1.48 bits per heavy atom. The number of aromatic nitrogens is 2. The molecule has 2 heterocycles. The highest BCUT2D eigenvalue weighted by Gasteiger charge is 2.19. The van der Waals surface area contributed by atoms with E-state index < -0.39 is 17.3 Å². The first-order chi connectivity index (χ1) is 10.9. The first kappa shape index (κ1) is 17.0. The highest BCUT2D eigenvalue weighted by Crippen LogP contribution is 2.13. The van der Waals surface area contributed by atoms with Crippen LogP contribution in [0.5, 0.6) is 5.88 Å². The molecular formula is C16H21N3O4. The highest BCUT2D eigenvalue weighted by atomic mass is 16.5. The van der Waals surface area contributed by atoms with E-state index in [2.05, 4.69) is 10.3 Å². The van der Waals surface area contributed by atoms with Crippen LogP contribution >= 0.6 is 0 Å². The molecule has 124 valence electrons. The Kier molecular flexibility index (Phi) is 5.33. The number of fused-ring (bicyclic) bond motifs is 1. The van der Waals surface area contributed by atoms with Gasteiger partial charge in [-0.05, 0) is 38.8 Å². The van der Waals surface area contributed by atoms with E-state index in [4.69, 9.17) is 4.74 Å². The molecule has 2 aromatic heterocycles. The summed E-state index contributed by atoms with van der Waals surface area (Å²) in [5.41, 5.74) is 0.125. The molecule has 7 nitrogen and oxygen atoms in total. The van der Waals surface area contributed by atoms with Crippen molar-refractivity contribution in [3.63, 3.8) is 0 Å². The van der Waals surface area contributed by atoms with Crippen LogP contribution in [0.3, 0.4) is 0 Å². The third-order valence-corrected chi connectivity index (χ3v) is 3.32. The zero-order valence-electron chi connectivity index (χ0n) is 13.5. The molecule has 0 spiro atoms. The average Bonchev–Trinajstić information content (AvgIpc) is 2.48. The summed E-state index contributed by atoms with van der Waals surface area (Å²) in [7, 11) is 0. The van der Waals surface area contributed by atoms with Crippen LogP contribution in [0.25, 0.3) is 5.65 Å². The molecule has 0 bridgehead atoms. The van der Waals surface area contributed by atoms with E-state index in [-0.39, 0.29) is 11.7 Å². The fourth-order valence-electron chi connectivity index (χ4n) is 2.17. The van der Waals surface area contributed by atoms with Crippen molar-refractivity contribution in [1.29, 1.82) is 0 Å². The van der Waals surface area contributed by atoms with Crippen LogP contribution in [0.4, 0.5) is 0 Å². The number of carbonyl (C=O) groups is 1. The van der Waals surface area contributed by atoms with Crippen LogP contribution in [0.1, 0.15) is 36.2 Å². The van der Waals surface area contributed by atoms with Crippen molar-refractivity contribution in [3.8, 4) is 5.88 Å². The average molecular weight is 319 g/mol. The molecule has 2 rings (SSSR count). The van der Waals surface area contributed by atoms with Crippen LogP contribution in [0, 0.1) is 6.92 Å². The van der Waals surface area contributed by atoms with Gasteiger partial charge >= 0.3 is 0 Å². The molecular weight excluding hydrogens is 298 g/mol. The predicted octanol–water partition coefficient (Wildman–Crippen LogP) is 1.25. The summed E-state index contributed by atoms with van der Waals surface area (Å²) in [5, 5.41) is 12.6. The van der Waals surface area contributed by atoms with E-state index in [1.165, 1.54) is 10.6 Å². The second-order valence-corrected chi connectivity index (χ2v) is 5.53. The summed E-state index contributed by atoms with van der Waals surface area (Å²) in [5.74, 6) is -1.19. The Morgan fingerprint density at radius 2 is 2.22 bits per heavy atom. The van der Waals surface area contributed by atoms with E-state index in [9.17, 15) is 14.7 Å². The fourth-order valence-corrected chi connectivity index (χ4v) is 2.17. The monoisotopic (exact) mass is 319 g/mol. The third-order valence-electron chi connectivity index (χ3n) is 3.32. The first-order valence-corrected chi connectivity index (χ1v) is 7.52. The molecule has 1 amide bonds. The number of aryl methyl sites for hydroxylation is 1. The smallest absolute Gasteiger partial charge is 0.274 e. The van der Waals surface area contributed by atoms with Crippen LogP contribution in [0.15, 0.2) is 23.1 Å². The van der Waals surface area contributed by atoms with Crippen molar-refractivity contribution < 1.29 is 14.6 Å². The van der Waals surface area contributed by atoms with Gasteiger partial charge in [0.05, 0.1) is 6.10 Å². The number of nitrogens with one attached hydrogen (secondary N) is 1. The Hall–Kier alpha value is -2.41. The number of pyridine rings is 1. The van der Waals surface area contributed by atoms with Crippen molar-refractivity contribution >= 4 is 11.6 Å². The maximum atomic E-state index is 12.4. The molecule has 0 atom stereocenters. The lowest BCUT2D eigenvalue weighted by Gasteiger charge is -2.10. The third kappa shape index (κ3) is 3.87. The molecule has 0 aliphatic heterocycles. The molecule has 2 aromatic rings. The van der Waals surface area contributed by atoms with Crippen molar-refractivity contribution in [2.24, 2.45) is 0 Å². The molecule has 0 radical (unpaired) electrons. The Labute approximate surface area is 133 Å². The van der Waals surface area contributed by atoms with Gasteiger partial charge in [0.15, 0.2) is 5.56 Å². The summed E-state index contributed by atoms with van der Waals surface area (Å²) in [6, 6.07) is 3.46. The number of hydrogen-bond donors (Lipinski definition) is 2. The summed E-state index contributed by atoms with van der Waals surface area (Å²) >= 11 is 0. The number of rotatable bonds is 6. The largest absolute Gasteiger partial charge is 0.493 e. The Morgan fingerprint density at radius 3 is 2.91 bits per heavy atom. The molecule has 7 heteroatoms. The van der Waals surface area contributed by atoms with Gasteiger partial charge in [-0.15, -0.1) is 0 Å². The minimum atomic E-state index is -0.638. The lowest BCUT2D eigenvalue weighted by atomic mass is 10.2. The van der Waals surface area contributed by atoms with Gasteiger partial charge in [0.2, 0.25) is 5.88 Å². The minimum Gasteiger partial charge on any atom is -0.493 e. The van der Waals surface area contributed by atoms with Crippen molar-refractivity contribution in [3.05, 3.63) is 39.8 Å². The molecule has 0 saturated heterocycles. The summed E-state index contributed by atoms with van der Waals surface area (Å²) in [6.07, 6.45) is 2.27. The molecule has 0 aliphatic rings. The van der Waals surface area contributed by atoms with E-state index in [0.717, 1.165) is 5.56 Å². The molecule has 23 heavy (non-hydrogen) atoms. The SMILES string of the molecule is Cc1cccn2c(=O)c(C(=O)NCCCOC(C)C)c(O)nc12. The highest BCUT2D eigenvalue weighted by molar-refractivity contribution is 5.96. The zero-order chi connectivity index (χ0) is 17.0. The zero-order valence-corrected chi connectivity index (χ0v) is 13.5. The van der Waals surface area contributed by atoms with E-state index in [1.54, 1.807) is 19.1 Å². The predicted molar refractivity (Wildman–Crippen MR) is 85.9 cm³/mol. The summed E-state index contributed by atoms with van der Waals surface area (Å²) < 4.78 is 6.62. The van der Waals surface area contributed by atoms with Crippen molar-refractivity contribution in [2.75, 3.05) is 13.2 Å². The van der Waals surface area contributed by atoms with Gasteiger partial charge < -0.3 is 15.2 Å². The minimum absolute atomic E-state index is 0.132. The maximum absolute atomic E-state index is 12.4. The van der Waals surface area contributed by atoms with Crippen LogP contribution in [-0.4, -0.2) is 39.7 Å². The van der Waals surface area contributed by atoms with E-state index >= 15 is 0 Å². The second kappa shape index (κ2) is 7.23. The number of carbonyl (C=O) groups excluding carboxylic acids is 1. The summed E-state index contributed by atoms with van der Waals surface area (Å²) in [4.78, 5) is 28.5. The topological polar surface area (TPSA) is 92.9 Å². The van der Waals surface area contributed by atoms with Crippen molar-refractivity contribution in [1.82, 2.24) is 14.7 Å². The molecule has 2 N–H and O–H groups in total. The lowest BCUT2D eigenvalue weighted by molar-refractivity contribution is 0.0756. The Balaban J connectivity index is 2.16. The van der Waals surface area contributed by atoms with Crippen LogP contribution in [0.2, 0.25) is 0 Å². The number of aromatic hydroxyl groups is 1. The van der Waals surface area contributed by atoms with Gasteiger partial charge in [-0.3, -0.25) is 14.0 Å². The van der Waals surface area contributed by atoms with Gasteiger partial charge in [0.25, 0.3) is 11.5 Å². The van der Waals surface area contributed by atoms with Crippen LogP contribution in [-0.2, 0) is 4.74 Å². The fraction of sp³-hybridized carbons (Fsp3) is 0.438. The Bertz CT molecular complexity index is 768. The van der Waals surface area contributed by atoms with Gasteiger partial charge in [-0.1, -0.05) is 6.07 Å². The molecule has 0 unspecified atom stereocenters. The van der Waals surface area contributed by atoms with Gasteiger partial charge in [-0.25, -0.2) is 0 Å². The number of amides is 1.